The molecule has 0 spiro atoms. The maximum Gasteiger partial charge on any atom is 0.101 e. The molecular formula is C7H8Cl3N. The van der Waals surface area contributed by atoms with Crippen LogP contribution in [0.25, 0.3) is 0 Å². The van der Waals surface area contributed by atoms with Gasteiger partial charge in [0.2, 0.25) is 0 Å². The van der Waals surface area contributed by atoms with Gasteiger partial charge in [-0.25, -0.2) is 0 Å². The van der Waals surface area contributed by atoms with Crippen molar-refractivity contribution >= 4 is 34.8 Å². The molecule has 0 saturated heterocycles. The SMILES string of the molecule is C\C=C(Cl)/C=C(Cl)\C=C(/N)Cl. The number of allylic oxidation sites excluding steroid dienone is 5. The Balaban J connectivity index is 4.36. The van der Waals surface area contributed by atoms with Gasteiger partial charge in [-0.3, -0.25) is 0 Å². The van der Waals surface area contributed by atoms with Crippen LogP contribution in [0.4, 0.5) is 0 Å². The summed E-state index contributed by atoms with van der Waals surface area (Å²) >= 11 is 16.6. The Morgan fingerprint density at radius 3 is 2.00 bits per heavy atom. The van der Waals surface area contributed by atoms with Crippen LogP contribution in [0.15, 0.2) is 33.4 Å². The predicted octanol–water partition coefficient (Wildman–Crippen LogP) is 3.29. The Morgan fingerprint density at radius 1 is 1.09 bits per heavy atom. The number of halogens is 3. The minimum atomic E-state index is 0.131. The van der Waals surface area contributed by atoms with E-state index in [1.165, 1.54) is 6.08 Å². The van der Waals surface area contributed by atoms with Crippen molar-refractivity contribution in [2.45, 2.75) is 6.92 Å². The lowest BCUT2D eigenvalue weighted by molar-refractivity contribution is 1.52. The molecule has 0 aliphatic carbocycles. The van der Waals surface area contributed by atoms with E-state index in [2.05, 4.69) is 0 Å². The molecule has 11 heavy (non-hydrogen) atoms. The third-order valence-electron chi connectivity index (χ3n) is 0.827. The lowest BCUT2D eigenvalue weighted by atomic mass is 10.4. The zero-order valence-electron chi connectivity index (χ0n) is 5.94. The van der Waals surface area contributed by atoms with Crippen molar-refractivity contribution in [3.8, 4) is 0 Å². The van der Waals surface area contributed by atoms with E-state index in [4.69, 9.17) is 40.5 Å². The van der Waals surface area contributed by atoms with Crippen LogP contribution in [0.1, 0.15) is 6.92 Å². The first kappa shape index (κ1) is 10.9. The molecule has 0 fully saturated rings. The normalized spacial score (nSPS) is 15.5. The van der Waals surface area contributed by atoms with Crippen molar-refractivity contribution in [2.24, 2.45) is 5.73 Å². The molecule has 1 nitrogen and oxygen atoms in total. The number of nitrogens with two attached hydrogens (primary N) is 1. The molecule has 0 saturated carbocycles. The van der Waals surface area contributed by atoms with E-state index >= 15 is 0 Å². The van der Waals surface area contributed by atoms with Crippen molar-refractivity contribution in [2.75, 3.05) is 0 Å². The fourth-order valence-electron chi connectivity index (χ4n) is 0.388. The Labute approximate surface area is 81.1 Å². The van der Waals surface area contributed by atoms with E-state index in [-0.39, 0.29) is 5.16 Å². The van der Waals surface area contributed by atoms with Gasteiger partial charge >= 0.3 is 0 Å². The lowest BCUT2D eigenvalue weighted by Crippen LogP contribution is -1.85. The Bertz CT molecular complexity index is 212. The zero-order chi connectivity index (χ0) is 8.85. The van der Waals surface area contributed by atoms with E-state index in [1.807, 2.05) is 0 Å². The highest BCUT2D eigenvalue weighted by Crippen LogP contribution is 2.13. The molecule has 0 heterocycles. The molecule has 0 aliphatic rings. The molecule has 0 aromatic rings. The summed E-state index contributed by atoms with van der Waals surface area (Å²) in [6.07, 6.45) is 4.68. The van der Waals surface area contributed by atoms with Crippen molar-refractivity contribution in [3.63, 3.8) is 0 Å². The summed E-state index contributed by atoms with van der Waals surface area (Å²) in [5, 5.41) is 1.08. The molecule has 0 atom stereocenters. The topological polar surface area (TPSA) is 26.0 Å². The molecule has 0 aromatic carbocycles. The van der Waals surface area contributed by atoms with Gasteiger partial charge in [-0.2, -0.15) is 0 Å². The molecule has 0 unspecified atom stereocenters. The van der Waals surface area contributed by atoms with Crippen LogP contribution in [0, 0.1) is 0 Å². The lowest BCUT2D eigenvalue weighted by Gasteiger charge is -1.89. The summed E-state index contributed by atoms with van der Waals surface area (Å²) in [5.41, 5.74) is 5.15. The molecule has 0 radical (unpaired) electrons. The molecule has 0 aromatic heterocycles. The highest BCUT2D eigenvalue weighted by molar-refractivity contribution is 6.36. The smallest absolute Gasteiger partial charge is 0.101 e. The molecule has 2 N–H and O–H groups in total. The fraction of sp³-hybridized carbons (Fsp3) is 0.143. The van der Waals surface area contributed by atoms with Crippen LogP contribution < -0.4 is 5.73 Å². The van der Waals surface area contributed by atoms with Gasteiger partial charge in [0.15, 0.2) is 0 Å². The first-order valence-corrected chi connectivity index (χ1v) is 4.01. The summed E-state index contributed by atoms with van der Waals surface area (Å²) < 4.78 is 0. The summed E-state index contributed by atoms with van der Waals surface area (Å²) in [4.78, 5) is 0. The molecule has 0 aliphatic heterocycles. The van der Waals surface area contributed by atoms with E-state index < -0.39 is 0 Å². The first-order chi connectivity index (χ1) is 5.06. The van der Waals surface area contributed by atoms with Crippen LogP contribution in [-0.2, 0) is 0 Å². The van der Waals surface area contributed by atoms with Gasteiger partial charge < -0.3 is 5.73 Å². The second kappa shape index (κ2) is 5.53. The third-order valence-corrected chi connectivity index (χ3v) is 1.48. The van der Waals surface area contributed by atoms with Crippen molar-refractivity contribution in [1.29, 1.82) is 0 Å². The van der Waals surface area contributed by atoms with Crippen LogP contribution in [0.3, 0.4) is 0 Å². The van der Waals surface area contributed by atoms with Crippen LogP contribution in [0.5, 0.6) is 0 Å². The zero-order valence-corrected chi connectivity index (χ0v) is 8.21. The summed E-state index contributed by atoms with van der Waals surface area (Å²) in [5.74, 6) is 0. The Morgan fingerprint density at radius 2 is 1.64 bits per heavy atom. The van der Waals surface area contributed by atoms with Gasteiger partial charge in [0.05, 0.1) is 0 Å². The molecular weight excluding hydrogens is 204 g/mol. The van der Waals surface area contributed by atoms with Gasteiger partial charge in [0.25, 0.3) is 0 Å². The monoisotopic (exact) mass is 211 g/mol. The first-order valence-electron chi connectivity index (χ1n) is 2.88. The maximum atomic E-state index is 5.64. The van der Waals surface area contributed by atoms with Gasteiger partial charge in [0, 0.05) is 10.1 Å². The highest BCUT2D eigenvalue weighted by atomic mass is 35.5. The van der Waals surface area contributed by atoms with Crippen LogP contribution >= 0.6 is 34.8 Å². The Kier molecular flexibility index (Phi) is 5.47. The van der Waals surface area contributed by atoms with Crippen molar-refractivity contribution in [3.05, 3.63) is 33.4 Å². The minimum absolute atomic E-state index is 0.131. The van der Waals surface area contributed by atoms with Gasteiger partial charge in [-0.1, -0.05) is 40.9 Å². The molecule has 0 rings (SSSR count). The number of hydrogen-bond acceptors (Lipinski definition) is 1. The van der Waals surface area contributed by atoms with Gasteiger partial charge in [-0.05, 0) is 19.1 Å². The second-order valence-corrected chi connectivity index (χ2v) is 3.04. The van der Waals surface area contributed by atoms with E-state index in [1.54, 1.807) is 19.1 Å². The van der Waals surface area contributed by atoms with E-state index in [9.17, 15) is 0 Å². The summed E-state index contributed by atoms with van der Waals surface area (Å²) in [6, 6.07) is 0. The van der Waals surface area contributed by atoms with E-state index in [0.29, 0.717) is 10.1 Å². The number of hydrogen-bond donors (Lipinski definition) is 1. The quantitative estimate of drug-likeness (QED) is 0.552. The summed E-state index contributed by atoms with van der Waals surface area (Å²) in [7, 11) is 0. The molecule has 4 heteroatoms. The fourth-order valence-corrected chi connectivity index (χ4v) is 0.970. The van der Waals surface area contributed by atoms with E-state index in [0.717, 1.165) is 0 Å². The standard InChI is InChI=1S/C7H8Cl3N/c1-2-5(8)3-6(9)4-7(10)11/h2-4H,11H2,1H3/b5-2+,6-3+,7-4-. The largest absolute Gasteiger partial charge is 0.389 e. The van der Waals surface area contributed by atoms with Crippen molar-refractivity contribution < 1.29 is 0 Å². The van der Waals surface area contributed by atoms with Gasteiger partial charge in [0.1, 0.15) is 5.16 Å². The predicted molar refractivity (Wildman–Crippen MR) is 51.7 cm³/mol. The van der Waals surface area contributed by atoms with Crippen LogP contribution in [0.2, 0.25) is 0 Å². The van der Waals surface area contributed by atoms with Crippen molar-refractivity contribution in [1.82, 2.24) is 0 Å². The average Bonchev–Trinajstić information content (AvgIpc) is 1.85. The third kappa shape index (κ3) is 6.29. The highest BCUT2D eigenvalue weighted by Gasteiger charge is 1.89. The minimum Gasteiger partial charge on any atom is -0.389 e. The van der Waals surface area contributed by atoms with Crippen LogP contribution in [-0.4, -0.2) is 0 Å². The summed E-state index contributed by atoms with van der Waals surface area (Å²) in [6.45, 7) is 1.80. The maximum absolute atomic E-state index is 5.64. The second-order valence-electron chi connectivity index (χ2n) is 1.73. The molecule has 0 bridgehead atoms. The molecule has 62 valence electrons. The van der Waals surface area contributed by atoms with Gasteiger partial charge in [-0.15, -0.1) is 0 Å². The number of rotatable bonds is 2. The average molecular weight is 213 g/mol. The molecule has 0 amide bonds. The Hall–Kier alpha value is -0.110.